The van der Waals surface area contributed by atoms with Crippen molar-refractivity contribution in [1.82, 2.24) is 24.1 Å². The van der Waals surface area contributed by atoms with E-state index in [-0.39, 0.29) is 0 Å². The van der Waals surface area contributed by atoms with Crippen LogP contribution < -0.4 is 0 Å². The molecular formula is C51H33N5. The molecule has 5 nitrogen and oxygen atoms in total. The van der Waals surface area contributed by atoms with Gasteiger partial charge in [-0.05, 0) is 119 Å². The Morgan fingerprint density at radius 1 is 0.321 bits per heavy atom. The first-order valence-electron chi connectivity index (χ1n) is 18.8. The monoisotopic (exact) mass is 715 g/mol. The van der Waals surface area contributed by atoms with Crippen molar-refractivity contribution in [2.75, 3.05) is 0 Å². The van der Waals surface area contributed by atoms with Gasteiger partial charge in [0.1, 0.15) is 5.65 Å². The second-order valence-electron chi connectivity index (χ2n) is 14.1. The lowest BCUT2D eigenvalue weighted by molar-refractivity contribution is 1.14. The van der Waals surface area contributed by atoms with Crippen molar-refractivity contribution in [2.24, 2.45) is 0 Å². The summed E-state index contributed by atoms with van der Waals surface area (Å²) >= 11 is 0. The summed E-state index contributed by atoms with van der Waals surface area (Å²) in [4.78, 5) is 14.2. The summed E-state index contributed by atoms with van der Waals surface area (Å²) in [6, 6.07) is 64.6. The van der Waals surface area contributed by atoms with Gasteiger partial charge in [0.25, 0.3) is 0 Å². The van der Waals surface area contributed by atoms with Crippen molar-refractivity contribution in [3.05, 3.63) is 201 Å². The van der Waals surface area contributed by atoms with E-state index in [4.69, 9.17) is 4.98 Å². The summed E-state index contributed by atoms with van der Waals surface area (Å²) in [5.74, 6) is 0. The van der Waals surface area contributed by atoms with Gasteiger partial charge >= 0.3 is 0 Å². The van der Waals surface area contributed by atoms with Crippen LogP contribution in [0.5, 0.6) is 0 Å². The molecule has 0 aliphatic rings. The maximum Gasteiger partial charge on any atom is 0.145 e. The fraction of sp³-hybridized carbons (Fsp3) is 0. The molecule has 0 atom stereocenters. The number of fused-ring (bicyclic) bond motifs is 6. The van der Waals surface area contributed by atoms with E-state index < -0.39 is 0 Å². The summed E-state index contributed by atoms with van der Waals surface area (Å²) in [5.41, 5.74) is 15.2. The lowest BCUT2D eigenvalue weighted by Crippen LogP contribution is -1.95. The maximum absolute atomic E-state index is 4.84. The fourth-order valence-corrected chi connectivity index (χ4v) is 8.35. The molecule has 0 fully saturated rings. The SMILES string of the molecule is c1ccc(-n2c3cc(-c4cccc5c4c4ccccc4n5-c4ccc(-c5cc(-c6ccccn6)cc(-c6ccccn6)c5)cc4)ccc3c3cccnc32)cc1. The second-order valence-corrected chi connectivity index (χ2v) is 14.1. The van der Waals surface area contributed by atoms with Gasteiger partial charge in [-0.1, -0.05) is 84.9 Å². The van der Waals surface area contributed by atoms with Crippen molar-refractivity contribution in [3.63, 3.8) is 0 Å². The lowest BCUT2D eigenvalue weighted by atomic mass is 9.96. The van der Waals surface area contributed by atoms with Crippen molar-refractivity contribution in [1.29, 1.82) is 0 Å². The largest absolute Gasteiger partial charge is 0.309 e. The Morgan fingerprint density at radius 2 is 0.946 bits per heavy atom. The number of hydrogen-bond donors (Lipinski definition) is 0. The van der Waals surface area contributed by atoms with Gasteiger partial charge < -0.3 is 4.57 Å². The van der Waals surface area contributed by atoms with Gasteiger partial charge in [-0.15, -0.1) is 0 Å². The molecule has 56 heavy (non-hydrogen) atoms. The van der Waals surface area contributed by atoms with E-state index in [9.17, 15) is 0 Å². The third kappa shape index (κ3) is 5.21. The van der Waals surface area contributed by atoms with E-state index in [1.54, 1.807) is 0 Å². The standard InChI is InChI=1S/C51H33N5/c1-2-12-39(13-3-1)56-49-33-35(23-26-42(49)43-16-11-29-54-51(43)56)41-15-10-20-48-50(41)44-14-4-5-19-47(44)55(48)40-24-21-34(22-25-40)36-30-37(45-17-6-8-27-52-45)32-38(31-36)46-18-7-9-28-53-46/h1-33H. The van der Waals surface area contributed by atoms with Crippen LogP contribution in [0, 0.1) is 0 Å². The quantitative estimate of drug-likeness (QED) is 0.172. The van der Waals surface area contributed by atoms with Crippen LogP contribution in [-0.2, 0) is 0 Å². The Bertz CT molecular complexity index is 3160. The highest BCUT2D eigenvalue weighted by Gasteiger charge is 2.19. The number of benzene rings is 6. The topological polar surface area (TPSA) is 48.5 Å². The molecule has 5 heteroatoms. The molecule has 0 bridgehead atoms. The van der Waals surface area contributed by atoms with E-state index >= 15 is 0 Å². The first-order chi connectivity index (χ1) is 27.8. The molecule has 0 aliphatic heterocycles. The number of aromatic nitrogens is 5. The zero-order valence-corrected chi connectivity index (χ0v) is 30.3. The fourth-order valence-electron chi connectivity index (χ4n) is 8.35. The van der Waals surface area contributed by atoms with E-state index in [1.807, 2.05) is 48.9 Å². The van der Waals surface area contributed by atoms with Crippen LogP contribution in [0.1, 0.15) is 0 Å². The molecule has 0 amide bonds. The first-order valence-corrected chi connectivity index (χ1v) is 18.8. The predicted molar refractivity (Wildman–Crippen MR) is 230 cm³/mol. The Morgan fingerprint density at radius 3 is 1.70 bits per heavy atom. The van der Waals surface area contributed by atoms with Crippen molar-refractivity contribution < 1.29 is 0 Å². The molecule has 6 aromatic carbocycles. The highest BCUT2D eigenvalue weighted by atomic mass is 15.0. The van der Waals surface area contributed by atoms with Crippen molar-refractivity contribution >= 4 is 43.7 Å². The molecule has 0 N–H and O–H groups in total. The molecule has 0 saturated carbocycles. The zero-order valence-electron chi connectivity index (χ0n) is 30.3. The predicted octanol–water partition coefficient (Wildman–Crippen LogP) is 12.7. The van der Waals surface area contributed by atoms with Gasteiger partial charge in [0.15, 0.2) is 0 Å². The van der Waals surface area contributed by atoms with Gasteiger partial charge in [0.2, 0.25) is 0 Å². The molecule has 0 saturated heterocycles. The smallest absolute Gasteiger partial charge is 0.145 e. The minimum Gasteiger partial charge on any atom is -0.309 e. The number of pyridine rings is 3. The average Bonchev–Trinajstić information content (AvgIpc) is 3.80. The first kappa shape index (κ1) is 31.9. The third-order valence-electron chi connectivity index (χ3n) is 10.9. The number of rotatable bonds is 6. The third-order valence-corrected chi connectivity index (χ3v) is 10.9. The van der Waals surface area contributed by atoms with Gasteiger partial charge in [-0.25, -0.2) is 4.98 Å². The van der Waals surface area contributed by atoms with Crippen LogP contribution >= 0.6 is 0 Å². The minimum atomic E-state index is 0.932. The van der Waals surface area contributed by atoms with Gasteiger partial charge in [0, 0.05) is 62.6 Å². The number of para-hydroxylation sites is 2. The molecule has 0 aliphatic carbocycles. The van der Waals surface area contributed by atoms with Crippen molar-refractivity contribution in [2.45, 2.75) is 0 Å². The van der Waals surface area contributed by atoms with Gasteiger partial charge in [-0.3, -0.25) is 14.5 Å². The maximum atomic E-state index is 4.84. The van der Waals surface area contributed by atoms with Gasteiger partial charge in [-0.2, -0.15) is 0 Å². The molecule has 0 unspecified atom stereocenters. The molecule has 0 spiro atoms. The van der Waals surface area contributed by atoms with Crippen LogP contribution in [0.2, 0.25) is 0 Å². The van der Waals surface area contributed by atoms with E-state index in [1.165, 1.54) is 27.2 Å². The Balaban J connectivity index is 1.06. The summed E-state index contributed by atoms with van der Waals surface area (Å²) in [6.45, 7) is 0. The summed E-state index contributed by atoms with van der Waals surface area (Å²) in [7, 11) is 0. The lowest BCUT2D eigenvalue weighted by Gasteiger charge is -2.12. The van der Waals surface area contributed by atoms with Crippen LogP contribution in [0.25, 0.3) is 99.9 Å². The molecule has 0 radical (unpaired) electrons. The second kappa shape index (κ2) is 13.0. The highest BCUT2D eigenvalue weighted by Crippen LogP contribution is 2.41. The normalized spacial score (nSPS) is 11.6. The molecule has 5 heterocycles. The summed E-state index contributed by atoms with van der Waals surface area (Å²) in [5, 5.41) is 4.78. The Labute approximate surface area is 323 Å². The number of nitrogens with zero attached hydrogens (tertiary/aromatic N) is 5. The minimum absolute atomic E-state index is 0.932. The molecule has 262 valence electrons. The zero-order chi connectivity index (χ0) is 37.0. The van der Waals surface area contributed by atoms with Crippen molar-refractivity contribution in [3.8, 4) is 56.1 Å². The Hall–Kier alpha value is -7.63. The highest BCUT2D eigenvalue weighted by molar-refractivity contribution is 6.17. The van der Waals surface area contributed by atoms with Gasteiger partial charge in [0.05, 0.1) is 27.9 Å². The molecule has 5 aromatic heterocycles. The van der Waals surface area contributed by atoms with Crippen LogP contribution in [0.4, 0.5) is 0 Å². The average molecular weight is 716 g/mol. The van der Waals surface area contributed by atoms with E-state index in [0.29, 0.717) is 0 Å². The summed E-state index contributed by atoms with van der Waals surface area (Å²) < 4.78 is 4.68. The van der Waals surface area contributed by atoms with Crippen LogP contribution in [-0.4, -0.2) is 24.1 Å². The Kier molecular flexibility index (Phi) is 7.42. The van der Waals surface area contributed by atoms with Crippen LogP contribution in [0.3, 0.4) is 0 Å². The van der Waals surface area contributed by atoms with E-state index in [0.717, 1.165) is 72.6 Å². The summed E-state index contributed by atoms with van der Waals surface area (Å²) in [6.07, 6.45) is 5.56. The molecule has 11 rings (SSSR count). The van der Waals surface area contributed by atoms with E-state index in [2.05, 4.69) is 171 Å². The number of hydrogen-bond acceptors (Lipinski definition) is 3. The molecular weight excluding hydrogens is 683 g/mol. The van der Waals surface area contributed by atoms with Crippen LogP contribution in [0.15, 0.2) is 201 Å². The molecule has 11 aromatic rings.